The Kier molecular flexibility index (Phi) is 6.42. The second-order valence-electron chi connectivity index (χ2n) is 9.38. The maximum atomic E-state index is 12.9. The van der Waals surface area contributed by atoms with E-state index in [4.69, 9.17) is 12.2 Å². The zero-order valence-electron chi connectivity index (χ0n) is 18.0. The van der Waals surface area contributed by atoms with Gasteiger partial charge in [-0.3, -0.25) is 9.59 Å². The number of nitrogens with zero attached hydrogens (tertiary/aromatic N) is 2. The predicted molar refractivity (Wildman–Crippen MR) is 123 cm³/mol. The van der Waals surface area contributed by atoms with Gasteiger partial charge in [0, 0.05) is 43.3 Å². The van der Waals surface area contributed by atoms with E-state index in [1.165, 1.54) is 32.1 Å². The van der Waals surface area contributed by atoms with Gasteiger partial charge in [-0.15, -0.1) is 0 Å². The lowest BCUT2D eigenvalue weighted by Crippen LogP contribution is -2.47. The third kappa shape index (κ3) is 4.69. The number of piperidine rings is 1. The van der Waals surface area contributed by atoms with Crippen molar-refractivity contribution in [3.8, 4) is 0 Å². The molecule has 2 heterocycles. The number of thiocarbonyl (C=S) groups is 1. The van der Waals surface area contributed by atoms with E-state index in [-0.39, 0.29) is 17.1 Å². The van der Waals surface area contributed by atoms with Crippen molar-refractivity contribution in [2.24, 2.45) is 5.41 Å². The molecule has 1 N–H and O–H groups in total. The van der Waals surface area contributed by atoms with Gasteiger partial charge in [-0.2, -0.15) is 0 Å². The molecule has 5 nitrogen and oxygen atoms in total. The van der Waals surface area contributed by atoms with Crippen LogP contribution in [0.1, 0.15) is 79.0 Å². The highest BCUT2D eigenvalue weighted by Gasteiger charge is 2.42. The number of benzene rings is 1. The summed E-state index contributed by atoms with van der Waals surface area (Å²) in [5.74, 6) is 0.0971. The SMILES string of the molecule is CC(=O)c1ccc(C(=O)N2CCC3(CC2)CCN(C(=S)NC2CCCCC2)C3)cc1. The molecule has 0 atom stereocenters. The monoisotopic (exact) mass is 427 g/mol. The van der Waals surface area contributed by atoms with Gasteiger partial charge in [0.1, 0.15) is 0 Å². The molecular weight excluding hydrogens is 394 g/mol. The Morgan fingerprint density at radius 2 is 1.50 bits per heavy atom. The third-order valence-electron chi connectivity index (χ3n) is 7.31. The average molecular weight is 428 g/mol. The summed E-state index contributed by atoms with van der Waals surface area (Å²) in [4.78, 5) is 28.7. The summed E-state index contributed by atoms with van der Waals surface area (Å²) >= 11 is 5.73. The topological polar surface area (TPSA) is 52.7 Å². The van der Waals surface area contributed by atoms with Crippen LogP contribution in [0.15, 0.2) is 24.3 Å². The minimum absolute atomic E-state index is 0.0237. The van der Waals surface area contributed by atoms with Gasteiger partial charge in [-0.25, -0.2) is 0 Å². The van der Waals surface area contributed by atoms with Crippen LogP contribution >= 0.6 is 12.2 Å². The van der Waals surface area contributed by atoms with Crippen LogP contribution < -0.4 is 5.32 Å². The largest absolute Gasteiger partial charge is 0.360 e. The van der Waals surface area contributed by atoms with Gasteiger partial charge in [0.05, 0.1) is 0 Å². The van der Waals surface area contributed by atoms with E-state index in [1.54, 1.807) is 31.2 Å². The summed E-state index contributed by atoms with van der Waals surface area (Å²) in [6.45, 7) is 5.18. The fourth-order valence-electron chi connectivity index (χ4n) is 5.24. The molecule has 162 valence electrons. The van der Waals surface area contributed by atoms with Crippen molar-refractivity contribution in [1.29, 1.82) is 0 Å². The summed E-state index contributed by atoms with van der Waals surface area (Å²) in [6, 6.07) is 7.59. The molecular formula is C24H33N3O2S. The van der Waals surface area contributed by atoms with Gasteiger partial charge in [0.15, 0.2) is 10.9 Å². The highest BCUT2D eigenvalue weighted by molar-refractivity contribution is 7.80. The van der Waals surface area contributed by atoms with Crippen LogP contribution in [-0.2, 0) is 0 Å². The van der Waals surface area contributed by atoms with Crippen molar-refractivity contribution in [1.82, 2.24) is 15.1 Å². The normalized spacial score (nSPS) is 21.6. The van der Waals surface area contributed by atoms with Crippen LogP contribution in [0.5, 0.6) is 0 Å². The summed E-state index contributed by atoms with van der Waals surface area (Å²) < 4.78 is 0. The maximum absolute atomic E-state index is 12.9. The number of amides is 1. The van der Waals surface area contributed by atoms with Gasteiger partial charge >= 0.3 is 0 Å². The number of carbonyl (C=O) groups is 2. The van der Waals surface area contributed by atoms with Crippen LogP contribution in [-0.4, -0.2) is 58.8 Å². The van der Waals surface area contributed by atoms with Crippen LogP contribution in [0.2, 0.25) is 0 Å². The molecule has 1 saturated carbocycles. The average Bonchev–Trinajstić information content (AvgIpc) is 3.18. The lowest BCUT2D eigenvalue weighted by molar-refractivity contribution is 0.0598. The molecule has 3 aliphatic rings. The summed E-state index contributed by atoms with van der Waals surface area (Å²) in [5, 5.41) is 4.55. The predicted octanol–water partition coefficient (Wildman–Crippen LogP) is 4.02. The molecule has 2 saturated heterocycles. The molecule has 1 aromatic rings. The zero-order valence-corrected chi connectivity index (χ0v) is 18.8. The summed E-state index contributed by atoms with van der Waals surface area (Å²) in [5.41, 5.74) is 1.60. The quantitative estimate of drug-likeness (QED) is 0.583. The highest BCUT2D eigenvalue weighted by atomic mass is 32.1. The van der Waals surface area contributed by atoms with Crippen LogP contribution in [0.25, 0.3) is 0 Å². The summed E-state index contributed by atoms with van der Waals surface area (Å²) in [6.07, 6.45) is 9.69. The van der Waals surface area contributed by atoms with E-state index < -0.39 is 0 Å². The molecule has 30 heavy (non-hydrogen) atoms. The van der Waals surface area contributed by atoms with Crippen molar-refractivity contribution in [3.05, 3.63) is 35.4 Å². The molecule has 1 aliphatic carbocycles. The van der Waals surface area contributed by atoms with Crippen molar-refractivity contribution < 1.29 is 9.59 Å². The number of likely N-dealkylation sites (tertiary alicyclic amines) is 2. The molecule has 0 aromatic heterocycles. The van der Waals surface area contributed by atoms with Crippen molar-refractivity contribution in [3.63, 3.8) is 0 Å². The first-order chi connectivity index (χ1) is 14.5. The molecule has 0 bridgehead atoms. The van der Waals surface area contributed by atoms with Gasteiger partial charge in [-0.1, -0.05) is 31.4 Å². The molecule has 6 heteroatoms. The Balaban J connectivity index is 1.29. The van der Waals surface area contributed by atoms with Crippen molar-refractivity contribution in [2.75, 3.05) is 26.2 Å². The Labute approximate surface area is 185 Å². The molecule has 0 unspecified atom stereocenters. The fraction of sp³-hybridized carbons (Fsp3) is 0.625. The van der Waals surface area contributed by atoms with E-state index in [1.807, 2.05) is 4.90 Å². The number of nitrogens with one attached hydrogen (secondary N) is 1. The Morgan fingerprint density at radius 3 is 2.10 bits per heavy atom. The molecule has 0 radical (unpaired) electrons. The van der Waals surface area contributed by atoms with Gasteiger partial charge < -0.3 is 15.1 Å². The number of hydrogen-bond acceptors (Lipinski definition) is 3. The van der Waals surface area contributed by atoms with E-state index in [9.17, 15) is 9.59 Å². The van der Waals surface area contributed by atoms with Crippen LogP contribution in [0.4, 0.5) is 0 Å². The highest BCUT2D eigenvalue weighted by Crippen LogP contribution is 2.40. The molecule has 4 rings (SSSR count). The Morgan fingerprint density at radius 1 is 0.933 bits per heavy atom. The molecule has 1 aromatic carbocycles. The Hall–Kier alpha value is -1.95. The second kappa shape index (κ2) is 9.04. The smallest absolute Gasteiger partial charge is 0.253 e. The second-order valence-corrected chi connectivity index (χ2v) is 9.77. The van der Waals surface area contributed by atoms with Gasteiger partial charge in [-0.05, 0) is 68.8 Å². The van der Waals surface area contributed by atoms with E-state index in [0.29, 0.717) is 17.2 Å². The van der Waals surface area contributed by atoms with Gasteiger partial charge in [0.25, 0.3) is 5.91 Å². The number of Topliss-reactive ketones (excluding diaryl/α,β-unsaturated/α-hetero) is 1. The van der Waals surface area contributed by atoms with E-state index in [0.717, 1.165) is 50.6 Å². The van der Waals surface area contributed by atoms with Crippen molar-refractivity contribution >= 4 is 29.0 Å². The molecule has 1 spiro atoms. The summed E-state index contributed by atoms with van der Waals surface area (Å²) in [7, 11) is 0. The third-order valence-corrected chi connectivity index (χ3v) is 7.68. The fourth-order valence-corrected chi connectivity index (χ4v) is 5.57. The minimum atomic E-state index is 0.0237. The van der Waals surface area contributed by atoms with E-state index >= 15 is 0 Å². The van der Waals surface area contributed by atoms with Crippen molar-refractivity contribution in [2.45, 2.75) is 64.3 Å². The van der Waals surface area contributed by atoms with Crippen LogP contribution in [0.3, 0.4) is 0 Å². The molecule has 3 fully saturated rings. The minimum Gasteiger partial charge on any atom is -0.360 e. The molecule has 1 amide bonds. The first-order valence-corrected chi connectivity index (χ1v) is 11.8. The number of hydrogen-bond donors (Lipinski definition) is 1. The lowest BCUT2D eigenvalue weighted by atomic mass is 9.77. The lowest BCUT2D eigenvalue weighted by Gasteiger charge is -2.39. The first kappa shape index (κ1) is 21.3. The van der Waals surface area contributed by atoms with Crippen LogP contribution in [0, 0.1) is 5.41 Å². The van der Waals surface area contributed by atoms with Gasteiger partial charge in [0.2, 0.25) is 0 Å². The number of rotatable bonds is 3. The number of carbonyl (C=O) groups excluding carboxylic acids is 2. The Bertz CT molecular complexity index is 793. The molecule has 2 aliphatic heterocycles. The number of ketones is 1. The zero-order chi connectivity index (χ0) is 21.1. The van der Waals surface area contributed by atoms with E-state index in [2.05, 4.69) is 10.2 Å². The standard InChI is InChI=1S/C24H33N3O2S/c1-18(28)19-7-9-20(10-8-19)22(29)26-14-11-24(12-15-26)13-16-27(17-24)23(30)25-21-5-3-2-4-6-21/h7-10,21H,2-6,11-17H2,1H3,(H,25,30). The maximum Gasteiger partial charge on any atom is 0.253 e. The first-order valence-electron chi connectivity index (χ1n) is 11.4.